The third-order valence-electron chi connectivity index (χ3n) is 3.60. The van der Waals surface area contributed by atoms with Crippen LogP contribution in [0.1, 0.15) is 38.4 Å². The number of hydrogen-bond acceptors (Lipinski definition) is 3. The van der Waals surface area contributed by atoms with Gasteiger partial charge in [0.2, 0.25) is 5.91 Å². The van der Waals surface area contributed by atoms with Gasteiger partial charge in [0.05, 0.1) is 30.2 Å². The largest absolute Gasteiger partial charge is 0.481 e. The van der Waals surface area contributed by atoms with Crippen molar-refractivity contribution in [3.8, 4) is 0 Å². The molecule has 0 saturated carbocycles. The fourth-order valence-electron chi connectivity index (χ4n) is 2.76. The van der Waals surface area contributed by atoms with Crippen LogP contribution >= 0.6 is 0 Å². The molecule has 1 aromatic heterocycles. The van der Waals surface area contributed by atoms with E-state index in [9.17, 15) is 14.7 Å². The molecule has 1 aliphatic rings. The summed E-state index contributed by atoms with van der Waals surface area (Å²) in [5, 5.41) is 9.33. The highest BCUT2D eigenvalue weighted by molar-refractivity contribution is 5.87. The number of aromatic nitrogens is 2. The minimum Gasteiger partial charge on any atom is -0.481 e. The fraction of sp³-hybridized carbons (Fsp3) is 0.615. The Hall–Kier alpha value is -1.85. The van der Waals surface area contributed by atoms with Gasteiger partial charge in [0, 0.05) is 19.5 Å². The number of likely N-dealkylation sites (tertiary alicyclic amines) is 1. The molecule has 0 aromatic carbocycles. The fourth-order valence-corrected chi connectivity index (χ4v) is 2.76. The van der Waals surface area contributed by atoms with E-state index in [1.54, 1.807) is 17.4 Å². The molecular formula is C13H19N3O3. The second kappa shape index (κ2) is 5.42. The monoisotopic (exact) mass is 265 g/mol. The van der Waals surface area contributed by atoms with Gasteiger partial charge >= 0.3 is 5.97 Å². The van der Waals surface area contributed by atoms with E-state index in [0.717, 1.165) is 18.7 Å². The van der Waals surface area contributed by atoms with E-state index in [1.165, 1.54) is 0 Å². The van der Waals surface area contributed by atoms with Crippen LogP contribution in [0.15, 0.2) is 12.5 Å². The number of hydrogen-bond donors (Lipinski definition) is 1. The van der Waals surface area contributed by atoms with Gasteiger partial charge in [-0.3, -0.25) is 9.59 Å². The Morgan fingerprint density at radius 1 is 1.53 bits per heavy atom. The Morgan fingerprint density at radius 3 is 2.84 bits per heavy atom. The van der Waals surface area contributed by atoms with Crippen LogP contribution in [0.4, 0.5) is 0 Å². The van der Waals surface area contributed by atoms with Gasteiger partial charge in [-0.1, -0.05) is 6.92 Å². The van der Waals surface area contributed by atoms with Gasteiger partial charge in [-0.05, 0) is 13.3 Å². The highest BCUT2D eigenvalue weighted by Crippen LogP contribution is 2.37. The van der Waals surface area contributed by atoms with Crippen molar-refractivity contribution in [1.29, 1.82) is 0 Å². The molecule has 2 unspecified atom stereocenters. The molecule has 6 nitrogen and oxygen atoms in total. The van der Waals surface area contributed by atoms with E-state index in [2.05, 4.69) is 11.9 Å². The summed E-state index contributed by atoms with van der Waals surface area (Å²) in [7, 11) is 0. The Bertz CT molecular complexity index is 483. The summed E-state index contributed by atoms with van der Waals surface area (Å²) in [6, 6.07) is -0.399. The van der Waals surface area contributed by atoms with Crippen LogP contribution in [0.3, 0.4) is 0 Å². The van der Waals surface area contributed by atoms with E-state index in [-0.39, 0.29) is 12.3 Å². The Kier molecular flexibility index (Phi) is 3.87. The molecule has 2 atom stereocenters. The first kappa shape index (κ1) is 13.6. The summed E-state index contributed by atoms with van der Waals surface area (Å²) in [6.45, 7) is 5.22. The zero-order valence-corrected chi connectivity index (χ0v) is 11.2. The molecule has 0 bridgehead atoms. The Balaban J connectivity index is 2.39. The molecule has 19 heavy (non-hydrogen) atoms. The van der Waals surface area contributed by atoms with Crippen LogP contribution in [-0.4, -0.2) is 38.0 Å². The molecule has 0 radical (unpaired) electrons. The van der Waals surface area contributed by atoms with E-state index in [1.807, 2.05) is 11.5 Å². The van der Waals surface area contributed by atoms with E-state index in [4.69, 9.17) is 0 Å². The smallest absolute Gasteiger partial charge is 0.309 e. The van der Waals surface area contributed by atoms with Crippen molar-refractivity contribution in [2.75, 3.05) is 6.54 Å². The number of imidazole rings is 1. The molecule has 0 spiro atoms. The highest BCUT2D eigenvalue weighted by Gasteiger charge is 2.45. The first-order valence-corrected chi connectivity index (χ1v) is 6.62. The average Bonchev–Trinajstić information content (AvgIpc) is 2.93. The summed E-state index contributed by atoms with van der Waals surface area (Å²) in [6.07, 6.45) is 4.39. The van der Waals surface area contributed by atoms with Gasteiger partial charge < -0.3 is 14.6 Å². The first-order valence-electron chi connectivity index (χ1n) is 6.62. The van der Waals surface area contributed by atoms with Crippen LogP contribution in [0.5, 0.6) is 0 Å². The molecule has 104 valence electrons. The predicted molar refractivity (Wildman–Crippen MR) is 68.4 cm³/mol. The number of aliphatic carboxylic acids is 1. The summed E-state index contributed by atoms with van der Waals surface area (Å²) < 4.78 is 1.95. The molecule has 1 N–H and O–H groups in total. The van der Waals surface area contributed by atoms with Crippen molar-refractivity contribution in [2.24, 2.45) is 5.92 Å². The number of aryl methyl sites for hydroxylation is 1. The van der Waals surface area contributed by atoms with Crippen LogP contribution < -0.4 is 0 Å². The van der Waals surface area contributed by atoms with E-state index in [0.29, 0.717) is 6.54 Å². The summed E-state index contributed by atoms with van der Waals surface area (Å²) in [5.74, 6) is -1.69. The van der Waals surface area contributed by atoms with Crippen LogP contribution in [0.2, 0.25) is 0 Å². The second-order valence-corrected chi connectivity index (χ2v) is 4.79. The van der Waals surface area contributed by atoms with Crippen LogP contribution in [-0.2, 0) is 16.1 Å². The zero-order valence-electron chi connectivity index (χ0n) is 11.2. The maximum absolute atomic E-state index is 11.9. The molecular weight excluding hydrogens is 246 g/mol. The lowest BCUT2D eigenvalue weighted by Crippen LogP contribution is -2.31. The molecule has 1 aliphatic heterocycles. The van der Waals surface area contributed by atoms with Crippen molar-refractivity contribution in [3.63, 3.8) is 0 Å². The third-order valence-corrected chi connectivity index (χ3v) is 3.60. The standard InChI is InChI=1S/C13H19N3O3/c1-3-5-15-8-14-7-10(15)12-9(13(18)19)6-11(17)16(12)4-2/h7-9,12H,3-6H2,1-2H3,(H,18,19). The predicted octanol–water partition coefficient (Wildman–Crippen LogP) is 1.29. The quantitative estimate of drug-likeness (QED) is 0.870. The number of nitrogens with zero attached hydrogens (tertiary/aromatic N) is 3. The Morgan fingerprint density at radius 2 is 2.26 bits per heavy atom. The van der Waals surface area contributed by atoms with Crippen LogP contribution in [0, 0.1) is 5.92 Å². The lowest BCUT2D eigenvalue weighted by Gasteiger charge is -2.26. The normalized spacial score (nSPS) is 23.1. The summed E-state index contributed by atoms with van der Waals surface area (Å²) >= 11 is 0. The SMILES string of the molecule is CCCn1cncc1C1C(C(=O)O)CC(=O)N1CC. The lowest BCUT2D eigenvalue weighted by atomic mass is 9.98. The van der Waals surface area contributed by atoms with Crippen molar-refractivity contribution in [3.05, 3.63) is 18.2 Å². The Labute approximate surface area is 112 Å². The zero-order chi connectivity index (χ0) is 14.0. The molecule has 0 aliphatic carbocycles. The van der Waals surface area contributed by atoms with Gasteiger partial charge in [-0.15, -0.1) is 0 Å². The minimum atomic E-state index is -0.918. The van der Waals surface area contributed by atoms with Crippen molar-refractivity contribution >= 4 is 11.9 Å². The summed E-state index contributed by atoms with van der Waals surface area (Å²) in [5.41, 5.74) is 0.821. The number of amides is 1. The lowest BCUT2D eigenvalue weighted by molar-refractivity contribution is -0.142. The molecule has 6 heteroatoms. The number of carbonyl (C=O) groups is 2. The van der Waals surface area contributed by atoms with E-state index < -0.39 is 17.9 Å². The first-order chi connectivity index (χ1) is 9.10. The van der Waals surface area contributed by atoms with Gasteiger partial charge in [0.25, 0.3) is 0 Å². The number of carboxylic acid groups (broad SMARTS) is 1. The molecule has 2 heterocycles. The molecule has 1 saturated heterocycles. The van der Waals surface area contributed by atoms with E-state index >= 15 is 0 Å². The third kappa shape index (κ3) is 2.34. The number of carbonyl (C=O) groups excluding carboxylic acids is 1. The number of rotatable bonds is 5. The maximum Gasteiger partial charge on any atom is 0.309 e. The topological polar surface area (TPSA) is 75.4 Å². The average molecular weight is 265 g/mol. The molecule has 1 fully saturated rings. The van der Waals surface area contributed by atoms with Crippen molar-refractivity contribution in [1.82, 2.24) is 14.5 Å². The molecule has 1 aromatic rings. The maximum atomic E-state index is 11.9. The minimum absolute atomic E-state index is 0.0745. The van der Waals surface area contributed by atoms with Crippen molar-refractivity contribution < 1.29 is 14.7 Å². The second-order valence-electron chi connectivity index (χ2n) is 4.79. The van der Waals surface area contributed by atoms with Gasteiger partial charge in [-0.25, -0.2) is 4.98 Å². The van der Waals surface area contributed by atoms with Gasteiger partial charge in [-0.2, -0.15) is 0 Å². The molecule has 1 amide bonds. The summed E-state index contributed by atoms with van der Waals surface area (Å²) in [4.78, 5) is 29.0. The van der Waals surface area contributed by atoms with Gasteiger partial charge in [0.15, 0.2) is 0 Å². The van der Waals surface area contributed by atoms with Crippen LogP contribution in [0.25, 0.3) is 0 Å². The highest BCUT2D eigenvalue weighted by atomic mass is 16.4. The molecule has 2 rings (SSSR count). The number of carboxylic acids is 1. The van der Waals surface area contributed by atoms with Gasteiger partial charge in [0.1, 0.15) is 0 Å². The van der Waals surface area contributed by atoms with Crippen molar-refractivity contribution in [2.45, 2.75) is 39.3 Å².